The van der Waals surface area contributed by atoms with Crippen LogP contribution in [0.2, 0.25) is 0 Å². The predicted octanol–water partition coefficient (Wildman–Crippen LogP) is 1.74. The maximum atomic E-state index is 10.0. The van der Waals surface area contributed by atoms with Gasteiger partial charge < -0.3 is 15.4 Å². The SMILES string of the molecule is C=NN/C=C(\C)c1cn(CCC(C)(C)O)c(=C/N)/c1=C\CC(C)C. The molecule has 0 radical (unpaired) electrons. The minimum absolute atomic E-state index is 0.570. The average Bonchev–Trinajstić information content (AvgIpc) is 2.85. The second-order valence-corrected chi connectivity index (χ2v) is 7.21. The number of hydrazone groups is 1. The normalized spacial score (nSPS) is 14.5. The van der Waals surface area contributed by atoms with Crippen LogP contribution in [0.5, 0.6) is 0 Å². The van der Waals surface area contributed by atoms with E-state index in [1.165, 1.54) is 0 Å². The summed E-state index contributed by atoms with van der Waals surface area (Å²) in [5.74, 6) is 0.570. The highest BCUT2D eigenvalue weighted by Gasteiger charge is 2.14. The molecule has 4 N–H and O–H groups in total. The third-order valence-corrected chi connectivity index (χ3v) is 3.87. The topological polar surface area (TPSA) is 75.6 Å². The lowest BCUT2D eigenvalue weighted by Gasteiger charge is -2.17. The summed E-state index contributed by atoms with van der Waals surface area (Å²) >= 11 is 0. The van der Waals surface area contributed by atoms with Gasteiger partial charge in [-0.3, -0.25) is 5.43 Å². The summed E-state index contributed by atoms with van der Waals surface area (Å²) in [6.07, 6.45) is 9.43. The highest BCUT2D eigenvalue weighted by molar-refractivity contribution is 5.65. The quantitative estimate of drug-likeness (QED) is 0.501. The molecule has 24 heavy (non-hydrogen) atoms. The molecule has 0 fully saturated rings. The van der Waals surface area contributed by atoms with Gasteiger partial charge >= 0.3 is 0 Å². The van der Waals surface area contributed by atoms with E-state index in [2.05, 4.69) is 47.9 Å². The van der Waals surface area contributed by atoms with Crippen LogP contribution in [0.15, 0.2) is 17.5 Å². The van der Waals surface area contributed by atoms with Gasteiger partial charge in [-0.2, -0.15) is 5.10 Å². The van der Waals surface area contributed by atoms with E-state index in [0.717, 1.165) is 28.1 Å². The molecule has 0 aromatic carbocycles. The highest BCUT2D eigenvalue weighted by Crippen LogP contribution is 2.11. The van der Waals surface area contributed by atoms with E-state index >= 15 is 0 Å². The van der Waals surface area contributed by atoms with Gasteiger partial charge in [0.2, 0.25) is 0 Å². The van der Waals surface area contributed by atoms with Crippen LogP contribution < -0.4 is 21.7 Å². The zero-order valence-electron chi connectivity index (χ0n) is 15.6. The minimum atomic E-state index is -0.711. The van der Waals surface area contributed by atoms with E-state index in [0.29, 0.717) is 18.9 Å². The molecule has 5 nitrogen and oxygen atoms in total. The molecule has 0 atom stereocenters. The molecule has 0 saturated heterocycles. The molecule has 1 aromatic heterocycles. The smallest absolute Gasteiger partial charge is 0.0640 e. The van der Waals surface area contributed by atoms with Crippen molar-refractivity contribution in [3.8, 4) is 0 Å². The van der Waals surface area contributed by atoms with Crippen LogP contribution in [-0.4, -0.2) is 22.0 Å². The molecule has 134 valence electrons. The van der Waals surface area contributed by atoms with Crippen LogP contribution in [0.25, 0.3) is 17.8 Å². The second-order valence-electron chi connectivity index (χ2n) is 7.21. The van der Waals surface area contributed by atoms with Gasteiger partial charge in [0.15, 0.2) is 0 Å². The number of aryl methyl sites for hydroxylation is 1. The summed E-state index contributed by atoms with van der Waals surface area (Å²) in [6, 6.07) is 0. The Hall–Kier alpha value is -2.01. The molecule has 0 aliphatic rings. The first kappa shape index (κ1) is 20.0. The molecule has 1 aromatic rings. The number of nitrogens with zero attached hydrogens (tertiary/aromatic N) is 2. The van der Waals surface area contributed by atoms with Gasteiger partial charge in [-0.15, -0.1) is 0 Å². The fourth-order valence-electron chi connectivity index (χ4n) is 2.45. The van der Waals surface area contributed by atoms with Crippen LogP contribution >= 0.6 is 0 Å². The van der Waals surface area contributed by atoms with Crippen molar-refractivity contribution in [2.75, 3.05) is 0 Å². The van der Waals surface area contributed by atoms with Gasteiger partial charge in [0.25, 0.3) is 0 Å². The maximum absolute atomic E-state index is 10.0. The van der Waals surface area contributed by atoms with Crippen molar-refractivity contribution >= 4 is 24.6 Å². The summed E-state index contributed by atoms with van der Waals surface area (Å²) in [4.78, 5) is 0. The molecule has 1 heterocycles. The molecule has 0 aliphatic carbocycles. The first-order valence-electron chi connectivity index (χ1n) is 8.41. The van der Waals surface area contributed by atoms with Gasteiger partial charge in [-0.05, 0) is 45.1 Å². The fraction of sp³-hybridized carbons (Fsp3) is 0.526. The van der Waals surface area contributed by atoms with Gasteiger partial charge in [-0.25, -0.2) is 0 Å². The largest absolute Gasteiger partial charge is 0.403 e. The maximum Gasteiger partial charge on any atom is 0.0640 e. The number of nitrogens with one attached hydrogen (secondary N) is 1. The lowest BCUT2D eigenvalue weighted by Crippen LogP contribution is -2.33. The van der Waals surface area contributed by atoms with Crippen molar-refractivity contribution in [3.05, 3.63) is 28.5 Å². The first-order valence-corrected chi connectivity index (χ1v) is 8.41. The molecule has 1 rings (SSSR count). The number of nitrogens with two attached hydrogens (primary N) is 1. The number of rotatable bonds is 8. The van der Waals surface area contributed by atoms with Crippen LogP contribution in [0, 0.1) is 5.92 Å². The molecular formula is C19H32N4O. The standard InChI is InChI=1S/C19H32N4O/c1-14(2)7-8-16-17(15(3)12-22-21-6)13-23(18(16)11-20)10-9-19(4,5)24/h8,11-14,22,24H,6-7,9-10,20H2,1-5H3/b15-12+,16-8-,18-11+. The van der Waals surface area contributed by atoms with Crippen molar-refractivity contribution in [1.82, 2.24) is 9.99 Å². The van der Waals surface area contributed by atoms with E-state index in [9.17, 15) is 5.11 Å². The van der Waals surface area contributed by atoms with Crippen molar-refractivity contribution in [2.24, 2.45) is 16.8 Å². The van der Waals surface area contributed by atoms with Crippen molar-refractivity contribution < 1.29 is 5.11 Å². The Bertz CT molecular complexity index is 690. The molecule has 0 amide bonds. The predicted molar refractivity (Wildman–Crippen MR) is 104 cm³/mol. The number of allylic oxidation sites excluding steroid dienone is 1. The van der Waals surface area contributed by atoms with Gasteiger partial charge in [0.1, 0.15) is 0 Å². The Balaban J connectivity index is 3.43. The third-order valence-electron chi connectivity index (χ3n) is 3.87. The molecule has 0 unspecified atom stereocenters. The summed E-state index contributed by atoms with van der Waals surface area (Å²) in [5, 5.41) is 15.8. The van der Waals surface area contributed by atoms with Gasteiger partial charge in [0.05, 0.1) is 11.0 Å². The third kappa shape index (κ3) is 5.89. The molecule has 0 aliphatic heterocycles. The Labute approximate surface area is 145 Å². The first-order chi connectivity index (χ1) is 11.2. The highest BCUT2D eigenvalue weighted by atomic mass is 16.3. The van der Waals surface area contributed by atoms with E-state index < -0.39 is 5.60 Å². The minimum Gasteiger partial charge on any atom is -0.403 e. The summed E-state index contributed by atoms with van der Waals surface area (Å²) in [7, 11) is 0. The van der Waals surface area contributed by atoms with Gasteiger partial charge in [0, 0.05) is 42.6 Å². The Kier molecular flexibility index (Phi) is 7.29. The second kappa shape index (κ2) is 8.73. The zero-order chi connectivity index (χ0) is 18.3. The van der Waals surface area contributed by atoms with E-state index in [4.69, 9.17) is 5.73 Å². The molecule has 0 saturated carbocycles. The lowest BCUT2D eigenvalue weighted by molar-refractivity contribution is 0.0660. The van der Waals surface area contributed by atoms with E-state index in [-0.39, 0.29) is 0 Å². The number of aromatic nitrogens is 1. The Morgan fingerprint density at radius 3 is 2.67 bits per heavy atom. The number of hydrogen-bond donors (Lipinski definition) is 3. The van der Waals surface area contributed by atoms with Crippen LogP contribution in [0.1, 0.15) is 53.0 Å². The van der Waals surface area contributed by atoms with Crippen molar-refractivity contribution in [1.29, 1.82) is 0 Å². The van der Waals surface area contributed by atoms with Crippen molar-refractivity contribution in [2.45, 2.75) is 59.6 Å². The van der Waals surface area contributed by atoms with E-state index in [1.807, 2.05) is 27.0 Å². The van der Waals surface area contributed by atoms with Crippen LogP contribution in [0.3, 0.4) is 0 Å². The average molecular weight is 332 g/mol. The van der Waals surface area contributed by atoms with Crippen molar-refractivity contribution in [3.63, 3.8) is 0 Å². The fourth-order valence-corrected chi connectivity index (χ4v) is 2.45. The molecule has 0 bridgehead atoms. The summed E-state index contributed by atoms with van der Waals surface area (Å²) in [6.45, 7) is 14.2. The number of hydrogen-bond acceptors (Lipinski definition) is 4. The molecule has 0 spiro atoms. The molecule has 5 heteroatoms. The summed E-state index contributed by atoms with van der Waals surface area (Å²) < 4.78 is 2.11. The monoisotopic (exact) mass is 332 g/mol. The Morgan fingerprint density at radius 2 is 2.17 bits per heavy atom. The van der Waals surface area contributed by atoms with Gasteiger partial charge in [-0.1, -0.05) is 19.9 Å². The number of aliphatic hydroxyl groups is 1. The van der Waals surface area contributed by atoms with Crippen LogP contribution in [0.4, 0.5) is 0 Å². The lowest BCUT2D eigenvalue weighted by atomic mass is 10.1. The van der Waals surface area contributed by atoms with E-state index in [1.54, 1.807) is 6.20 Å². The van der Waals surface area contributed by atoms with Crippen LogP contribution in [-0.2, 0) is 6.54 Å². The Morgan fingerprint density at radius 1 is 1.50 bits per heavy atom. The summed E-state index contributed by atoms with van der Waals surface area (Å²) in [5.41, 5.74) is 10.2. The zero-order valence-corrected chi connectivity index (χ0v) is 15.6. The molecular weight excluding hydrogens is 300 g/mol.